The molecule has 0 bridgehead atoms. The van der Waals surface area contributed by atoms with Gasteiger partial charge in [-0.1, -0.05) is 0 Å². The van der Waals surface area contributed by atoms with Gasteiger partial charge in [0, 0.05) is 12.6 Å². The number of rotatable bonds is 4. The van der Waals surface area contributed by atoms with E-state index in [0.717, 1.165) is 18.9 Å². The van der Waals surface area contributed by atoms with E-state index in [1.807, 2.05) is 6.92 Å². The Kier molecular flexibility index (Phi) is 3.26. The highest BCUT2D eigenvalue weighted by atomic mass is 19.1. The Hall–Kier alpha value is -1.62. The van der Waals surface area contributed by atoms with Gasteiger partial charge in [-0.15, -0.1) is 0 Å². The molecule has 18 heavy (non-hydrogen) atoms. The number of carbonyl (C=O) groups excluding carboxylic acids is 1. The molecule has 5 heteroatoms. The first-order chi connectivity index (χ1) is 8.46. The van der Waals surface area contributed by atoms with Gasteiger partial charge in [0.05, 0.1) is 11.1 Å². The van der Waals surface area contributed by atoms with Crippen molar-refractivity contribution in [1.82, 2.24) is 5.32 Å². The largest absolute Gasteiger partial charge is 0.508 e. The monoisotopic (exact) mass is 252 g/mol. The van der Waals surface area contributed by atoms with Crippen LogP contribution in [0, 0.1) is 11.7 Å². The minimum atomic E-state index is -0.734. The van der Waals surface area contributed by atoms with Crippen molar-refractivity contribution in [3.63, 3.8) is 0 Å². The molecular formula is C13H17FN2O2. The van der Waals surface area contributed by atoms with Crippen molar-refractivity contribution in [1.29, 1.82) is 0 Å². The van der Waals surface area contributed by atoms with Crippen LogP contribution in [-0.2, 0) is 0 Å². The number of hydrogen-bond donors (Lipinski definition) is 3. The lowest BCUT2D eigenvalue weighted by atomic mass is 9.95. The van der Waals surface area contributed by atoms with E-state index in [1.54, 1.807) is 0 Å². The van der Waals surface area contributed by atoms with E-state index >= 15 is 0 Å². The molecule has 1 unspecified atom stereocenters. The first-order valence-electron chi connectivity index (χ1n) is 5.97. The molecule has 0 aromatic heterocycles. The number of phenols is 1. The van der Waals surface area contributed by atoms with E-state index in [2.05, 4.69) is 5.32 Å². The summed E-state index contributed by atoms with van der Waals surface area (Å²) in [7, 11) is 0. The third kappa shape index (κ3) is 2.46. The van der Waals surface area contributed by atoms with Gasteiger partial charge in [-0.25, -0.2) is 4.39 Å². The van der Waals surface area contributed by atoms with Crippen molar-refractivity contribution in [3.8, 4) is 5.75 Å². The van der Waals surface area contributed by atoms with Crippen LogP contribution in [0.2, 0.25) is 0 Å². The molecule has 1 aromatic rings. The minimum Gasteiger partial charge on any atom is -0.508 e. The van der Waals surface area contributed by atoms with Crippen molar-refractivity contribution < 1.29 is 14.3 Å². The molecule has 1 aliphatic rings. The number of amides is 1. The molecule has 2 rings (SSSR count). The predicted molar refractivity (Wildman–Crippen MR) is 65.7 cm³/mol. The average Bonchev–Trinajstić information content (AvgIpc) is 3.12. The minimum absolute atomic E-state index is 0.0758. The normalized spacial score (nSPS) is 18.2. The van der Waals surface area contributed by atoms with Crippen LogP contribution in [0.4, 0.5) is 4.39 Å². The van der Waals surface area contributed by atoms with Gasteiger partial charge in [-0.05, 0) is 37.8 Å². The van der Waals surface area contributed by atoms with Crippen LogP contribution < -0.4 is 11.1 Å². The quantitative estimate of drug-likeness (QED) is 0.758. The van der Waals surface area contributed by atoms with Crippen LogP contribution in [0.25, 0.3) is 0 Å². The zero-order valence-corrected chi connectivity index (χ0v) is 10.2. The van der Waals surface area contributed by atoms with E-state index in [-0.39, 0.29) is 11.3 Å². The molecule has 0 radical (unpaired) electrons. The zero-order chi connectivity index (χ0) is 13.3. The van der Waals surface area contributed by atoms with Gasteiger partial charge in [0.15, 0.2) is 0 Å². The SMILES string of the molecule is CC(CN)(NC(=O)c1ccc(O)cc1F)C1CC1. The van der Waals surface area contributed by atoms with Crippen molar-refractivity contribution >= 4 is 5.91 Å². The van der Waals surface area contributed by atoms with Gasteiger partial charge in [-0.2, -0.15) is 0 Å². The average molecular weight is 252 g/mol. The van der Waals surface area contributed by atoms with Gasteiger partial charge in [0.25, 0.3) is 5.91 Å². The lowest BCUT2D eigenvalue weighted by Gasteiger charge is -2.29. The van der Waals surface area contributed by atoms with Crippen LogP contribution in [-0.4, -0.2) is 23.1 Å². The fourth-order valence-corrected chi connectivity index (χ4v) is 2.06. The van der Waals surface area contributed by atoms with Crippen molar-refractivity contribution in [3.05, 3.63) is 29.6 Å². The summed E-state index contributed by atoms with van der Waals surface area (Å²) < 4.78 is 13.5. The summed E-state index contributed by atoms with van der Waals surface area (Å²) in [5.74, 6) is -1.06. The number of nitrogens with two attached hydrogens (primary N) is 1. The summed E-state index contributed by atoms with van der Waals surface area (Å²) in [5.41, 5.74) is 5.13. The summed E-state index contributed by atoms with van der Waals surface area (Å²) in [5, 5.41) is 11.9. The molecule has 0 saturated heterocycles. The van der Waals surface area contributed by atoms with Gasteiger partial charge in [-0.3, -0.25) is 4.79 Å². The molecule has 1 aliphatic carbocycles. The zero-order valence-electron chi connectivity index (χ0n) is 10.2. The molecule has 1 saturated carbocycles. The lowest BCUT2D eigenvalue weighted by molar-refractivity contribution is 0.0893. The molecule has 0 heterocycles. The summed E-state index contributed by atoms with van der Waals surface area (Å²) in [4.78, 5) is 12.0. The Morgan fingerprint density at radius 1 is 1.61 bits per heavy atom. The Bertz CT molecular complexity index is 474. The van der Waals surface area contributed by atoms with E-state index in [4.69, 9.17) is 10.8 Å². The number of carbonyl (C=O) groups is 1. The lowest BCUT2D eigenvalue weighted by Crippen LogP contribution is -2.53. The third-order valence-electron chi connectivity index (χ3n) is 3.50. The number of benzene rings is 1. The molecule has 1 amide bonds. The molecule has 1 fully saturated rings. The topological polar surface area (TPSA) is 75.3 Å². The first-order valence-corrected chi connectivity index (χ1v) is 5.97. The van der Waals surface area contributed by atoms with Crippen LogP contribution in [0.1, 0.15) is 30.1 Å². The number of phenolic OH excluding ortho intramolecular Hbond substituents is 1. The van der Waals surface area contributed by atoms with Crippen LogP contribution >= 0.6 is 0 Å². The van der Waals surface area contributed by atoms with E-state index in [1.165, 1.54) is 12.1 Å². The van der Waals surface area contributed by atoms with Gasteiger partial charge in [0.1, 0.15) is 11.6 Å². The summed E-state index contributed by atoms with van der Waals surface area (Å²) in [6, 6.07) is 3.48. The highest BCUT2D eigenvalue weighted by molar-refractivity contribution is 5.95. The van der Waals surface area contributed by atoms with Crippen molar-refractivity contribution in [2.75, 3.05) is 6.54 Å². The van der Waals surface area contributed by atoms with Crippen LogP contribution in [0.15, 0.2) is 18.2 Å². The van der Waals surface area contributed by atoms with Crippen molar-refractivity contribution in [2.24, 2.45) is 11.7 Å². The molecule has 0 spiro atoms. The molecule has 1 atom stereocenters. The molecule has 1 aromatic carbocycles. The Balaban J connectivity index is 2.16. The highest BCUT2D eigenvalue weighted by Gasteiger charge is 2.41. The van der Waals surface area contributed by atoms with Crippen LogP contribution in [0.5, 0.6) is 5.75 Å². The number of nitrogens with one attached hydrogen (secondary N) is 1. The van der Waals surface area contributed by atoms with E-state index < -0.39 is 17.3 Å². The second-order valence-electron chi connectivity index (χ2n) is 5.01. The molecule has 0 aliphatic heterocycles. The van der Waals surface area contributed by atoms with Gasteiger partial charge in [0.2, 0.25) is 0 Å². The fourth-order valence-electron chi connectivity index (χ4n) is 2.06. The first kappa shape index (κ1) is 12.8. The number of aromatic hydroxyl groups is 1. The molecule has 98 valence electrons. The second-order valence-corrected chi connectivity index (χ2v) is 5.01. The Morgan fingerprint density at radius 2 is 2.28 bits per heavy atom. The maximum atomic E-state index is 13.5. The van der Waals surface area contributed by atoms with Gasteiger partial charge < -0.3 is 16.2 Å². The second kappa shape index (κ2) is 4.57. The fraction of sp³-hybridized carbons (Fsp3) is 0.462. The summed E-state index contributed by atoms with van der Waals surface area (Å²) in [6.45, 7) is 2.20. The molecule has 4 nitrogen and oxygen atoms in total. The van der Waals surface area contributed by atoms with Crippen molar-refractivity contribution in [2.45, 2.75) is 25.3 Å². The number of hydrogen-bond acceptors (Lipinski definition) is 3. The maximum absolute atomic E-state index is 13.5. The molecule has 4 N–H and O–H groups in total. The molecular weight excluding hydrogens is 235 g/mol. The van der Waals surface area contributed by atoms with E-state index in [9.17, 15) is 9.18 Å². The summed E-state index contributed by atoms with van der Waals surface area (Å²) in [6.07, 6.45) is 2.07. The maximum Gasteiger partial charge on any atom is 0.254 e. The van der Waals surface area contributed by atoms with Gasteiger partial charge >= 0.3 is 0 Å². The summed E-state index contributed by atoms with van der Waals surface area (Å²) >= 11 is 0. The van der Waals surface area contributed by atoms with Crippen LogP contribution in [0.3, 0.4) is 0 Å². The third-order valence-corrected chi connectivity index (χ3v) is 3.50. The predicted octanol–water partition coefficient (Wildman–Crippen LogP) is 1.39. The highest BCUT2D eigenvalue weighted by Crippen LogP contribution is 2.39. The van der Waals surface area contributed by atoms with E-state index in [0.29, 0.717) is 12.5 Å². The Labute approximate surface area is 105 Å². The Morgan fingerprint density at radius 3 is 2.78 bits per heavy atom. The smallest absolute Gasteiger partial charge is 0.254 e. The standard InChI is InChI=1S/C13H17FN2O2/c1-13(7-15,8-2-3-8)16-12(18)10-5-4-9(17)6-11(10)14/h4-6,8,17H,2-3,7,15H2,1H3,(H,16,18). The number of halogens is 1.